The van der Waals surface area contributed by atoms with Gasteiger partial charge in [0.25, 0.3) is 0 Å². The smallest absolute Gasteiger partial charge is 0.241 e. The first-order chi connectivity index (χ1) is 9.72. The largest absolute Gasteiger partial charge is 0.399 e. The van der Waals surface area contributed by atoms with Gasteiger partial charge >= 0.3 is 0 Å². The monoisotopic (exact) mass is 313 g/mol. The zero-order chi connectivity index (χ0) is 16.2. The van der Waals surface area contributed by atoms with E-state index in [1.54, 1.807) is 19.2 Å². The van der Waals surface area contributed by atoms with Crippen molar-refractivity contribution in [2.75, 3.05) is 19.3 Å². The average molecular weight is 313 g/mol. The Balaban J connectivity index is 3.07. The van der Waals surface area contributed by atoms with E-state index in [2.05, 4.69) is 4.72 Å². The Morgan fingerprint density at radius 2 is 2.00 bits per heavy atom. The fraction of sp³-hybridized carbons (Fsp3) is 0.500. The number of likely N-dealkylation sites (N-methyl/N-ethyl adjacent to an activating group) is 1. The Labute approximate surface area is 126 Å². The second-order valence-corrected chi connectivity index (χ2v) is 6.60. The Kier molecular flexibility index (Phi) is 5.74. The molecule has 1 unspecified atom stereocenters. The first-order valence-electron chi connectivity index (χ1n) is 6.88. The standard InChI is InChI=1S/C14H23N3O3S/c1-5-11-7-8-12(15)9-13(11)21(19,20)16-10(3)14(18)17(4)6-2/h7-10,16H,5-6,15H2,1-4H3. The number of anilines is 1. The summed E-state index contributed by atoms with van der Waals surface area (Å²) in [7, 11) is -2.16. The van der Waals surface area contributed by atoms with Gasteiger partial charge in [0.2, 0.25) is 15.9 Å². The summed E-state index contributed by atoms with van der Waals surface area (Å²) >= 11 is 0. The van der Waals surface area contributed by atoms with Crippen molar-refractivity contribution in [2.45, 2.75) is 38.1 Å². The highest BCUT2D eigenvalue weighted by Gasteiger charge is 2.25. The minimum atomic E-state index is -3.79. The lowest BCUT2D eigenvalue weighted by atomic mass is 10.1. The molecule has 0 aliphatic carbocycles. The normalized spacial score (nSPS) is 13.0. The highest BCUT2D eigenvalue weighted by atomic mass is 32.2. The number of aryl methyl sites for hydroxylation is 1. The van der Waals surface area contributed by atoms with E-state index in [1.807, 2.05) is 13.8 Å². The SMILES string of the molecule is CCc1ccc(N)cc1S(=O)(=O)NC(C)C(=O)N(C)CC. The van der Waals surface area contributed by atoms with Gasteiger partial charge in [-0.2, -0.15) is 4.72 Å². The van der Waals surface area contributed by atoms with Crippen LogP contribution in [0.2, 0.25) is 0 Å². The zero-order valence-corrected chi connectivity index (χ0v) is 13.7. The molecule has 0 saturated heterocycles. The van der Waals surface area contributed by atoms with Gasteiger partial charge in [-0.15, -0.1) is 0 Å². The van der Waals surface area contributed by atoms with Gasteiger partial charge in [-0.05, 0) is 38.0 Å². The minimum Gasteiger partial charge on any atom is -0.399 e. The molecule has 0 aliphatic rings. The molecular formula is C14H23N3O3S. The maximum absolute atomic E-state index is 12.5. The van der Waals surface area contributed by atoms with Crippen molar-refractivity contribution >= 4 is 21.6 Å². The van der Waals surface area contributed by atoms with Gasteiger partial charge in [0.15, 0.2) is 0 Å². The number of rotatable bonds is 6. The van der Waals surface area contributed by atoms with Crippen molar-refractivity contribution in [2.24, 2.45) is 0 Å². The van der Waals surface area contributed by atoms with E-state index < -0.39 is 16.1 Å². The van der Waals surface area contributed by atoms with E-state index in [0.717, 1.165) is 0 Å². The number of carbonyl (C=O) groups is 1. The number of carbonyl (C=O) groups excluding carboxylic acids is 1. The number of amides is 1. The van der Waals surface area contributed by atoms with Crippen LogP contribution < -0.4 is 10.5 Å². The molecule has 7 heteroatoms. The number of nitrogen functional groups attached to an aromatic ring is 1. The molecule has 0 bridgehead atoms. The number of nitrogens with two attached hydrogens (primary N) is 1. The third-order valence-corrected chi connectivity index (χ3v) is 4.94. The lowest BCUT2D eigenvalue weighted by molar-refractivity contribution is -0.131. The van der Waals surface area contributed by atoms with Crippen LogP contribution in [0, 0.1) is 0 Å². The van der Waals surface area contributed by atoms with Crippen LogP contribution in [0.1, 0.15) is 26.3 Å². The van der Waals surface area contributed by atoms with Crippen molar-refractivity contribution in [3.8, 4) is 0 Å². The van der Waals surface area contributed by atoms with Gasteiger partial charge in [0, 0.05) is 19.3 Å². The average Bonchev–Trinajstić information content (AvgIpc) is 2.45. The van der Waals surface area contributed by atoms with Crippen LogP contribution in [0.4, 0.5) is 5.69 Å². The topological polar surface area (TPSA) is 92.5 Å². The fourth-order valence-electron chi connectivity index (χ4n) is 1.95. The van der Waals surface area contributed by atoms with Crippen molar-refractivity contribution in [1.29, 1.82) is 0 Å². The van der Waals surface area contributed by atoms with E-state index in [1.165, 1.54) is 17.9 Å². The van der Waals surface area contributed by atoms with Gasteiger partial charge in [-0.1, -0.05) is 13.0 Å². The summed E-state index contributed by atoms with van der Waals surface area (Å²) in [6.45, 7) is 5.74. The van der Waals surface area contributed by atoms with E-state index in [-0.39, 0.29) is 10.8 Å². The molecular weight excluding hydrogens is 290 g/mol. The number of hydrogen-bond donors (Lipinski definition) is 2. The summed E-state index contributed by atoms with van der Waals surface area (Å²) in [6.07, 6.45) is 0.563. The second kappa shape index (κ2) is 6.91. The second-order valence-electron chi connectivity index (χ2n) is 4.92. The predicted molar refractivity (Wildman–Crippen MR) is 83.3 cm³/mol. The third kappa shape index (κ3) is 4.18. The maximum Gasteiger partial charge on any atom is 0.241 e. The Bertz CT molecular complexity index is 614. The summed E-state index contributed by atoms with van der Waals surface area (Å²) in [6, 6.07) is 3.94. The van der Waals surface area contributed by atoms with E-state index in [9.17, 15) is 13.2 Å². The summed E-state index contributed by atoms with van der Waals surface area (Å²) in [4.78, 5) is 13.6. The summed E-state index contributed by atoms with van der Waals surface area (Å²) in [5.41, 5.74) is 6.71. The molecule has 0 radical (unpaired) electrons. The molecule has 6 nitrogen and oxygen atoms in total. The van der Waals surface area contributed by atoms with Gasteiger partial charge < -0.3 is 10.6 Å². The lowest BCUT2D eigenvalue weighted by Gasteiger charge is -2.21. The number of hydrogen-bond acceptors (Lipinski definition) is 4. The molecule has 118 valence electrons. The number of benzene rings is 1. The van der Waals surface area contributed by atoms with E-state index >= 15 is 0 Å². The number of nitrogens with one attached hydrogen (secondary N) is 1. The zero-order valence-electron chi connectivity index (χ0n) is 12.9. The minimum absolute atomic E-state index is 0.129. The molecule has 1 rings (SSSR count). The Morgan fingerprint density at radius 3 is 2.52 bits per heavy atom. The van der Waals surface area contributed by atoms with Crippen molar-refractivity contribution < 1.29 is 13.2 Å². The molecule has 0 saturated carbocycles. The van der Waals surface area contributed by atoms with E-state index in [0.29, 0.717) is 24.2 Å². The Hall–Kier alpha value is -1.60. The summed E-state index contributed by atoms with van der Waals surface area (Å²) in [5.74, 6) is -0.275. The predicted octanol–water partition coefficient (Wildman–Crippen LogP) is 0.976. The van der Waals surface area contributed by atoms with Crippen molar-refractivity contribution in [1.82, 2.24) is 9.62 Å². The summed E-state index contributed by atoms with van der Waals surface area (Å²) < 4.78 is 27.3. The maximum atomic E-state index is 12.5. The van der Waals surface area contributed by atoms with Gasteiger partial charge in [0.1, 0.15) is 0 Å². The first-order valence-corrected chi connectivity index (χ1v) is 8.37. The third-order valence-electron chi connectivity index (χ3n) is 3.31. The van der Waals surface area contributed by atoms with Crippen LogP contribution in [-0.4, -0.2) is 38.9 Å². The molecule has 0 spiro atoms. The first kappa shape index (κ1) is 17.5. The van der Waals surface area contributed by atoms with Crippen LogP contribution in [0.5, 0.6) is 0 Å². The molecule has 0 heterocycles. The Morgan fingerprint density at radius 1 is 1.38 bits per heavy atom. The molecule has 1 aromatic carbocycles. The molecule has 0 fully saturated rings. The molecule has 1 aromatic rings. The highest BCUT2D eigenvalue weighted by Crippen LogP contribution is 2.20. The summed E-state index contributed by atoms with van der Waals surface area (Å²) in [5, 5.41) is 0. The molecule has 3 N–H and O–H groups in total. The fourth-order valence-corrected chi connectivity index (χ4v) is 3.49. The lowest BCUT2D eigenvalue weighted by Crippen LogP contribution is -2.45. The van der Waals surface area contributed by atoms with Crippen LogP contribution in [-0.2, 0) is 21.2 Å². The van der Waals surface area contributed by atoms with Crippen LogP contribution in [0.15, 0.2) is 23.1 Å². The van der Waals surface area contributed by atoms with Gasteiger partial charge in [-0.3, -0.25) is 4.79 Å². The molecule has 0 aromatic heterocycles. The molecule has 0 aliphatic heterocycles. The quantitative estimate of drug-likeness (QED) is 0.766. The van der Waals surface area contributed by atoms with E-state index in [4.69, 9.17) is 5.73 Å². The number of nitrogens with zero attached hydrogens (tertiary/aromatic N) is 1. The molecule has 1 atom stereocenters. The van der Waals surface area contributed by atoms with Crippen LogP contribution in [0.3, 0.4) is 0 Å². The molecule has 21 heavy (non-hydrogen) atoms. The highest BCUT2D eigenvalue weighted by molar-refractivity contribution is 7.89. The van der Waals surface area contributed by atoms with Gasteiger partial charge in [0.05, 0.1) is 10.9 Å². The van der Waals surface area contributed by atoms with Crippen LogP contribution in [0.25, 0.3) is 0 Å². The molecule has 1 amide bonds. The van der Waals surface area contributed by atoms with Crippen molar-refractivity contribution in [3.05, 3.63) is 23.8 Å². The van der Waals surface area contributed by atoms with Crippen molar-refractivity contribution in [3.63, 3.8) is 0 Å². The van der Waals surface area contributed by atoms with Gasteiger partial charge in [-0.25, -0.2) is 8.42 Å². The van der Waals surface area contributed by atoms with Crippen LogP contribution >= 0.6 is 0 Å². The number of sulfonamides is 1.